The summed E-state index contributed by atoms with van der Waals surface area (Å²) in [6, 6.07) is 8.00. The lowest BCUT2D eigenvalue weighted by Gasteiger charge is -2.08. The van der Waals surface area contributed by atoms with Crippen LogP contribution in [0.3, 0.4) is 0 Å². The van der Waals surface area contributed by atoms with Gasteiger partial charge in [-0.3, -0.25) is 4.79 Å². The van der Waals surface area contributed by atoms with Crippen molar-refractivity contribution in [1.29, 1.82) is 0 Å². The van der Waals surface area contributed by atoms with Crippen LogP contribution in [0, 0.1) is 0 Å². The molecule has 0 aromatic heterocycles. The van der Waals surface area contributed by atoms with Gasteiger partial charge < -0.3 is 14.8 Å². The third kappa shape index (κ3) is 7.79. The monoisotopic (exact) mass is 279 g/mol. The lowest BCUT2D eigenvalue weighted by molar-refractivity contribution is -0.121. The lowest BCUT2D eigenvalue weighted by atomic mass is 10.2. The van der Waals surface area contributed by atoms with Gasteiger partial charge in [-0.1, -0.05) is 6.07 Å². The van der Waals surface area contributed by atoms with Gasteiger partial charge in [0.1, 0.15) is 12.4 Å². The van der Waals surface area contributed by atoms with E-state index in [4.69, 9.17) is 9.47 Å². The highest BCUT2D eigenvalue weighted by atomic mass is 16.5. The highest BCUT2D eigenvalue weighted by Crippen LogP contribution is 2.17. The molecular weight excluding hydrogens is 254 g/mol. The van der Waals surface area contributed by atoms with Crippen LogP contribution in [-0.4, -0.2) is 32.1 Å². The SMILES string of the molecule is CCNc1cccc(OCCCCCOCC(C)=O)c1. The Balaban J connectivity index is 2.06. The Morgan fingerprint density at radius 1 is 1.20 bits per heavy atom. The predicted molar refractivity (Wildman–Crippen MR) is 81.5 cm³/mol. The number of rotatable bonds is 11. The first-order valence-corrected chi connectivity index (χ1v) is 7.26. The number of ether oxygens (including phenoxy) is 2. The molecule has 1 aromatic carbocycles. The van der Waals surface area contributed by atoms with Crippen molar-refractivity contribution in [3.63, 3.8) is 0 Å². The van der Waals surface area contributed by atoms with Crippen LogP contribution < -0.4 is 10.1 Å². The number of nitrogens with one attached hydrogen (secondary N) is 1. The van der Waals surface area contributed by atoms with Crippen LogP contribution in [0.4, 0.5) is 5.69 Å². The molecule has 0 unspecified atom stereocenters. The number of ketones is 1. The molecule has 0 atom stereocenters. The number of unbranched alkanes of at least 4 members (excludes halogenated alkanes) is 2. The van der Waals surface area contributed by atoms with E-state index in [0.29, 0.717) is 13.2 Å². The molecule has 0 spiro atoms. The molecule has 1 aromatic rings. The van der Waals surface area contributed by atoms with Gasteiger partial charge in [-0.25, -0.2) is 0 Å². The summed E-state index contributed by atoms with van der Waals surface area (Å²) >= 11 is 0. The summed E-state index contributed by atoms with van der Waals surface area (Å²) in [6.45, 7) is 6.10. The van der Waals surface area contributed by atoms with Crippen molar-refractivity contribution in [3.8, 4) is 5.75 Å². The standard InChI is InChI=1S/C16H25NO3/c1-3-17-15-8-7-9-16(12-15)20-11-6-4-5-10-19-13-14(2)18/h7-9,12,17H,3-6,10-11,13H2,1-2H3. The highest BCUT2D eigenvalue weighted by molar-refractivity contribution is 5.76. The van der Waals surface area contributed by atoms with Crippen molar-refractivity contribution in [3.05, 3.63) is 24.3 Å². The first-order chi connectivity index (χ1) is 9.72. The fourth-order valence-electron chi connectivity index (χ4n) is 1.79. The summed E-state index contributed by atoms with van der Waals surface area (Å²) in [5.41, 5.74) is 1.09. The fraction of sp³-hybridized carbons (Fsp3) is 0.562. The second kappa shape index (κ2) is 10.3. The van der Waals surface area contributed by atoms with E-state index in [0.717, 1.165) is 37.2 Å². The van der Waals surface area contributed by atoms with Gasteiger partial charge in [-0.05, 0) is 45.2 Å². The Kier molecular flexibility index (Phi) is 8.47. The molecule has 0 heterocycles. The van der Waals surface area contributed by atoms with Crippen molar-refractivity contribution in [2.45, 2.75) is 33.1 Å². The Labute approximate surface area is 121 Å². The minimum atomic E-state index is 0.0777. The third-order valence-corrected chi connectivity index (χ3v) is 2.72. The van der Waals surface area contributed by atoms with Crippen molar-refractivity contribution in [2.24, 2.45) is 0 Å². The van der Waals surface area contributed by atoms with Crippen molar-refractivity contribution < 1.29 is 14.3 Å². The summed E-state index contributed by atoms with van der Waals surface area (Å²) in [5.74, 6) is 0.977. The predicted octanol–water partition coefficient (Wildman–Crippen LogP) is 3.27. The Morgan fingerprint density at radius 2 is 2.00 bits per heavy atom. The molecule has 0 saturated carbocycles. The summed E-state index contributed by atoms with van der Waals surface area (Å²) in [7, 11) is 0. The molecule has 112 valence electrons. The summed E-state index contributed by atoms with van der Waals surface area (Å²) < 4.78 is 10.9. The minimum absolute atomic E-state index is 0.0777. The number of anilines is 1. The van der Waals surface area contributed by atoms with E-state index in [1.165, 1.54) is 6.92 Å². The second-order valence-electron chi connectivity index (χ2n) is 4.72. The molecule has 20 heavy (non-hydrogen) atoms. The number of hydrogen-bond donors (Lipinski definition) is 1. The van der Waals surface area contributed by atoms with E-state index < -0.39 is 0 Å². The van der Waals surface area contributed by atoms with Crippen LogP contribution in [-0.2, 0) is 9.53 Å². The number of carbonyl (C=O) groups excluding carboxylic acids is 1. The zero-order valence-electron chi connectivity index (χ0n) is 12.5. The maximum Gasteiger partial charge on any atom is 0.155 e. The zero-order valence-corrected chi connectivity index (χ0v) is 12.5. The molecule has 1 rings (SSSR count). The van der Waals surface area contributed by atoms with Crippen LogP contribution in [0.15, 0.2) is 24.3 Å². The van der Waals surface area contributed by atoms with Gasteiger partial charge >= 0.3 is 0 Å². The van der Waals surface area contributed by atoms with Gasteiger partial charge in [0.2, 0.25) is 0 Å². The van der Waals surface area contributed by atoms with Crippen molar-refractivity contribution in [1.82, 2.24) is 0 Å². The molecule has 0 amide bonds. The topological polar surface area (TPSA) is 47.6 Å². The fourth-order valence-corrected chi connectivity index (χ4v) is 1.79. The average Bonchev–Trinajstić information content (AvgIpc) is 2.42. The number of benzene rings is 1. The van der Waals surface area contributed by atoms with E-state index in [2.05, 4.69) is 12.2 Å². The lowest BCUT2D eigenvalue weighted by Crippen LogP contribution is -2.05. The number of hydrogen-bond acceptors (Lipinski definition) is 4. The normalized spacial score (nSPS) is 10.3. The van der Waals surface area contributed by atoms with E-state index in [1.807, 2.05) is 24.3 Å². The quantitative estimate of drug-likeness (QED) is 0.632. The molecule has 0 fully saturated rings. The number of carbonyl (C=O) groups is 1. The van der Waals surface area contributed by atoms with Crippen molar-refractivity contribution in [2.75, 3.05) is 31.7 Å². The third-order valence-electron chi connectivity index (χ3n) is 2.72. The maximum absolute atomic E-state index is 10.7. The van der Waals surface area contributed by atoms with Crippen LogP contribution >= 0.6 is 0 Å². The van der Waals surface area contributed by atoms with Crippen LogP contribution in [0.2, 0.25) is 0 Å². The van der Waals surface area contributed by atoms with Crippen LogP contribution in [0.5, 0.6) is 5.75 Å². The molecule has 0 aliphatic carbocycles. The second-order valence-corrected chi connectivity index (χ2v) is 4.72. The minimum Gasteiger partial charge on any atom is -0.494 e. The molecule has 0 aliphatic heterocycles. The van der Waals surface area contributed by atoms with Gasteiger partial charge in [-0.2, -0.15) is 0 Å². The molecule has 4 heteroatoms. The summed E-state index contributed by atoms with van der Waals surface area (Å²) in [4.78, 5) is 10.7. The molecule has 0 radical (unpaired) electrons. The Morgan fingerprint density at radius 3 is 2.75 bits per heavy atom. The van der Waals surface area contributed by atoms with Gasteiger partial charge in [0, 0.05) is 24.9 Å². The molecule has 0 bridgehead atoms. The van der Waals surface area contributed by atoms with E-state index in [1.54, 1.807) is 0 Å². The summed E-state index contributed by atoms with van der Waals surface area (Å²) in [5, 5.41) is 3.26. The molecule has 0 saturated heterocycles. The van der Waals surface area contributed by atoms with Gasteiger partial charge in [0.05, 0.1) is 6.61 Å². The van der Waals surface area contributed by atoms with Gasteiger partial charge in [0.25, 0.3) is 0 Å². The largest absolute Gasteiger partial charge is 0.494 e. The molecule has 0 aliphatic rings. The van der Waals surface area contributed by atoms with Gasteiger partial charge in [0.15, 0.2) is 5.78 Å². The first kappa shape index (κ1) is 16.5. The summed E-state index contributed by atoms with van der Waals surface area (Å²) in [6.07, 6.45) is 3.01. The maximum atomic E-state index is 10.7. The van der Waals surface area contributed by atoms with Gasteiger partial charge in [-0.15, -0.1) is 0 Å². The molecule has 1 N–H and O–H groups in total. The Hall–Kier alpha value is -1.55. The van der Waals surface area contributed by atoms with E-state index in [-0.39, 0.29) is 12.4 Å². The Bertz CT molecular complexity index is 393. The van der Waals surface area contributed by atoms with E-state index >= 15 is 0 Å². The van der Waals surface area contributed by atoms with E-state index in [9.17, 15) is 4.79 Å². The van der Waals surface area contributed by atoms with Crippen molar-refractivity contribution >= 4 is 11.5 Å². The molecule has 4 nitrogen and oxygen atoms in total. The zero-order chi connectivity index (χ0) is 14.6. The first-order valence-electron chi connectivity index (χ1n) is 7.26. The van der Waals surface area contributed by atoms with Crippen LogP contribution in [0.25, 0.3) is 0 Å². The number of Topliss-reactive ketones (excluding diaryl/α,β-unsaturated/α-hetero) is 1. The molecular formula is C16H25NO3. The highest BCUT2D eigenvalue weighted by Gasteiger charge is 1.97. The smallest absolute Gasteiger partial charge is 0.155 e. The average molecular weight is 279 g/mol. The van der Waals surface area contributed by atoms with Crippen LogP contribution in [0.1, 0.15) is 33.1 Å².